The second-order valence-corrected chi connectivity index (χ2v) is 7.17. The summed E-state index contributed by atoms with van der Waals surface area (Å²) in [4.78, 5) is 13.5. The summed E-state index contributed by atoms with van der Waals surface area (Å²) < 4.78 is 10.7. The number of phenolic OH excluding ortho intramolecular Hbond substituents is 1. The van der Waals surface area contributed by atoms with Gasteiger partial charge in [-0.1, -0.05) is 24.3 Å². The van der Waals surface area contributed by atoms with Gasteiger partial charge < -0.3 is 19.5 Å². The summed E-state index contributed by atoms with van der Waals surface area (Å²) in [5, 5.41) is 9.90. The molecule has 2 aromatic rings. The van der Waals surface area contributed by atoms with E-state index < -0.39 is 0 Å². The summed E-state index contributed by atoms with van der Waals surface area (Å²) in [6.07, 6.45) is 4.51. The van der Waals surface area contributed by atoms with Gasteiger partial charge in [-0.3, -0.25) is 4.79 Å². The van der Waals surface area contributed by atoms with Gasteiger partial charge in [0.1, 0.15) is 0 Å². The van der Waals surface area contributed by atoms with Crippen LogP contribution in [0.4, 0.5) is 5.69 Å². The third-order valence-corrected chi connectivity index (χ3v) is 5.44. The van der Waals surface area contributed by atoms with Gasteiger partial charge in [-0.05, 0) is 35.4 Å². The van der Waals surface area contributed by atoms with Crippen LogP contribution in [0.5, 0.6) is 11.5 Å². The summed E-state index contributed by atoms with van der Waals surface area (Å²) in [6.45, 7) is 3.92. The molecule has 0 spiro atoms. The molecule has 0 aromatic heterocycles. The Hall–Kier alpha value is -2.79. The van der Waals surface area contributed by atoms with E-state index in [4.69, 9.17) is 9.47 Å². The zero-order chi connectivity index (χ0) is 18.8. The van der Waals surface area contributed by atoms with Gasteiger partial charge in [0.15, 0.2) is 17.8 Å². The second-order valence-electron chi connectivity index (χ2n) is 7.17. The number of nitrogens with zero attached hydrogens (tertiary/aromatic N) is 1. The molecule has 140 valence electrons. The lowest BCUT2D eigenvalue weighted by atomic mass is 10.0. The molecule has 5 heteroatoms. The predicted molar refractivity (Wildman–Crippen MR) is 105 cm³/mol. The minimum Gasteiger partial charge on any atom is -0.504 e. The highest BCUT2D eigenvalue weighted by atomic mass is 16.5. The van der Waals surface area contributed by atoms with Crippen molar-refractivity contribution in [3.05, 3.63) is 53.1 Å². The predicted octanol–water partition coefficient (Wildman–Crippen LogP) is 3.47. The van der Waals surface area contributed by atoms with Crippen LogP contribution >= 0.6 is 0 Å². The zero-order valence-electron chi connectivity index (χ0n) is 15.3. The fraction of sp³-hybridized carbons (Fsp3) is 0.318. The van der Waals surface area contributed by atoms with Gasteiger partial charge >= 0.3 is 0 Å². The van der Waals surface area contributed by atoms with Gasteiger partial charge in [0.2, 0.25) is 0 Å². The van der Waals surface area contributed by atoms with E-state index in [0.29, 0.717) is 18.1 Å². The Balaban J connectivity index is 1.48. The molecule has 0 bridgehead atoms. The van der Waals surface area contributed by atoms with E-state index in [9.17, 15) is 9.90 Å². The van der Waals surface area contributed by atoms with E-state index in [0.717, 1.165) is 37.4 Å². The Morgan fingerprint density at radius 2 is 1.74 bits per heavy atom. The van der Waals surface area contributed by atoms with Crippen molar-refractivity contribution in [1.29, 1.82) is 0 Å². The summed E-state index contributed by atoms with van der Waals surface area (Å²) in [7, 11) is 1.47. The van der Waals surface area contributed by atoms with Crippen LogP contribution in [-0.4, -0.2) is 44.8 Å². The molecule has 2 aromatic carbocycles. The van der Waals surface area contributed by atoms with Crippen LogP contribution in [0.3, 0.4) is 0 Å². The topological polar surface area (TPSA) is 59.0 Å². The van der Waals surface area contributed by atoms with Gasteiger partial charge in [0.05, 0.1) is 25.9 Å². The van der Waals surface area contributed by atoms with Gasteiger partial charge in [0, 0.05) is 30.6 Å². The third-order valence-electron chi connectivity index (χ3n) is 5.44. The number of carbonyl (C=O) groups is 1. The number of benzene rings is 2. The monoisotopic (exact) mass is 365 g/mol. The minimum atomic E-state index is -0.130. The Kier molecular flexibility index (Phi) is 4.86. The highest BCUT2D eigenvalue weighted by Gasteiger charge is 2.37. The molecular formula is C22H23NO4. The van der Waals surface area contributed by atoms with Gasteiger partial charge in [-0.2, -0.15) is 0 Å². The van der Waals surface area contributed by atoms with Crippen molar-refractivity contribution in [3.63, 3.8) is 0 Å². The molecule has 4 rings (SSSR count). The highest BCUT2D eigenvalue weighted by Crippen LogP contribution is 2.33. The number of phenols is 1. The Morgan fingerprint density at radius 3 is 2.37 bits per heavy atom. The first-order valence-corrected chi connectivity index (χ1v) is 9.15. The molecular weight excluding hydrogens is 342 g/mol. The number of ether oxygens (including phenoxy) is 2. The van der Waals surface area contributed by atoms with E-state index in [1.165, 1.54) is 12.8 Å². The van der Waals surface area contributed by atoms with E-state index >= 15 is 0 Å². The molecule has 0 aliphatic carbocycles. The lowest BCUT2D eigenvalue weighted by Gasteiger charge is -2.19. The molecule has 2 aliphatic rings. The minimum absolute atomic E-state index is 0.130. The first-order chi connectivity index (χ1) is 13.2. The number of carbonyl (C=O) groups excluding carboxylic acids is 1. The van der Waals surface area contributed by atoms with Crippen LogP contribution in [-0.2, 0) is 4.74 Å². The molecule has 0 amide bonds. The number of hydrogen-bond acceptors (Lipinski definition) is 5. The average Bonchev–Trinajstić information content (AvgIpc) is 3.30. The smallest absolute Gasteiger partial charge is 0.168 e. The molecule has 2 heterocycles. The SMILES string of the molecule is COc1cc(/C=C/c2ccc(N3CC4COCC4C3)cc2)cc(C=O)c1O. The van der Waals surface area contributed by atoms with Gasteiger partial charge in [-0.25, -0.2) is 0 Å². The van der Waals surface area contributed by atoms with E-state index in [1.54, 1.807) is 12.1 Å². The standard InChI is InChI=1S/C22H23NO4/c1-26-21-9-16(8-17(12-24)22(21)25)3-2-15-4-6-20(7-5-15)23-10-18-13-27-14-19(18)11-23/h2-9,12,18-19,25H,10-11,13-14H2,1H3/b3-2+. The van der Waals surface area contributed by atoms with Crippen molar-refractivity contribution in [2.75, 3.05) is 38.3 Å². The van der Waals surface area contributed by atoms with Gasteiger partial charge in [-0.15, -0.1) is 0 Å². The Labute approximate surface area is 158 Å². The maximum atomic E-state index is 11.1. The first-order valence-electron chi connectivity index (χ1n) is 9.15. The first kappa shape index (κ1) is 17.6. The summed E-state index contributed by atoms with van der Waals surface area (Å²) in [5.41, 5.74) is 3.33. The Bertz CT molecular complexity index is 847. The lowest BCUT2D eigenvalue weighted by molar-refractivity contribution is 0.112. The average molecular weight is 365 g/mol. The molecule has 27 heavy (non-hydrogen) atoms. The molecule has 2 saturated heterocycles. The summed E-state index contributed by atoms with van der Waals surface area (Å²) in [5.74, 6) is 1.50. The maximum absolute atomic E-state index is 11.1. The molecule has 1 N–H and O–H groups in total. The normalized spacial score (nSPS) is 21.6. The number of rotatable bonds is 5. The van der Waals surface area contributed by atoms with Crippen molar-refractivity contribution in [1.82, 2.24) is 0 Å². The quantitative estimate of drug-likeness (QED) is 0.649. The maximum Gasteiger partial charge on any atom is 0.168 e. The number of methoxy groups -OCH3 is 1. The molecule has 0 saturated carbocycles. The lowest BCUT2D eigenvalue weighted by Crippen LogP contribution is -2.21. The van der Waals surface area contributed by atoms with E-state index in [1.807, 2.05) is 12.2 Å². The van der Waals surface area contributed by atoms with Crippen molar-refractivity contribution < 1.29 is 19.4 Å². The number of hydrogen-bond donors (Lipinski definition) is 1. The van der Waals surface area contributed by atoms with E-state index in [2.05, 4.69) is 29.2 Å². The zero-order valence-corrected chi connectivity index (χ0v) is 15.3. The highest BCUT2D eigenvalue weighted by molar-refractivity contribution is 5.84. The number of aldehydes is 1. The second kappa shape index (κ2) is 7.45. The number of fused-ring (bicyclic) bond motifs is 1. The third kappa shape index (κ3) is 3.55. The molecule has 2 atom stereocenters. The van der Waals surface area contributed by atoms with Crippen LogP contribution in [0.2, 0.25) is 0 Å². The van der Waals surface area contributed by atoms with Crippen LogP contribution in [0.1, 0.15) is 21.5 Å². The van der Waals surface area contributed by atoms with Gasteiger partial charge in [0.25, 0.3) is 0 Å². The van der Waals surface area contributed by atoms with Crippen LogP contribution in [0.25, 0.3) is 12.2 Å². The summed E-state index contributed by atoms with van der Waals surface area (Å²) in [6, 6.07) is 11.8. The van der Waals surface area contributed by atoms with Crippen molar-refractivity contribution in [3.8, 4) is 11.5 Å². The fourth-order valence-electron chi connectivity index (χ4n) is 3.88. The number of aromatic hydroxyl groups is 1. The molecule has 2 fully saturated rings. The largest absolute Gasteiger partial charge is 0.504 e. The molecule has 2 unspecified atom stereocenters. The molecule has 5 nitrogen and oxygen atoms in total. The van der Waals surface area contributed by atoms with Crippen molar-refractivity contribution in [2.45, 2.75) is 0 Å². The van der Waals surface area contributed by atoms with Crippen LogP contribution in [0.15, 0.2) is 36.4 Å². The summed E-state index contributed by atoms with van der Waals surface area (Å²) >= 11 is 0. The molecule has 2 aliphatic heterocycles. The Morgan fingerprint density at radius 1 is 1.07 bits per heavy atom. The van der Waals surface area contributed by atoms with Crippen molar-refractivity contribution in [2.24, 2.45) is 11.8 Å². The van der Waals surface area contributed by atoms with Crippen molar-refractivity contribution >= 4 is 24.1 Å². The molecule has 0 radical (unpaired) electrons. The van der Waals surface area contributed by atoms with Crippen LogP contribution < -0.4 is 9.64 Å². The number of anilines is 1. The van der Waals surface area contributed by atoms with E-state index in [-0.39, 0.29) is 17.1 Å². The van der Waals surface area contributed by atoms with Crippen LogP contribution in [0, 0.1) is 11.8 Å². The fourth-order valence-corrected chi connectivity index (χ4v) is 3.88.